The topological polar surface area (TPSA) is 240 Å². The first-order valence-corrected chi connectivity index (χ1v) is 14.0. The minimum Gasteiger partial charge on any atom is -0.508 e. The third kappa shape index (κ3) is 4.08. The highest BCUT2D eigenvalue weighted by Crippen LogP contribution is 2.57. The number of phenols is 1. The molecule has 2 aromatic rings. The Kier molecular flexibility index (Phi) is 6.95. The molecule has 3 aliphatic carbocycles. The van der Waals surface area contributed by atoms with E-state index in [0.29, 0.717) is 11.0 Å². The van der Waals surface area contributed by atoms with E-state index in [1.54, 1.807) is 13.0 Å². The van der Waals surface area contributed by atoms with E-state index >= 15 is 0 Å². The standard InChI is InChI=1S/C30H30BN3O11/c1-10-16-14(33-29(42)11-4-5-12-9-45-31(44)13(12)8-11)6-7-15(35)18(16)23(36)19-17(10)24(37)21-22(34(2)3)25(38)20(28(32)41)27(40)30(21,43)26(19)39/h4-8,10,17,21-22,24,35-37,40,43-44H,9H2,1-3H3,(H2,32,41)(H,33,42)/t10-,17+,21+,22-,24-,30-/m0/s1. The number of carbonyl (C=O) groups excluding carboxylic acids is 4. The lowest BCUT2D eigenvalue weighted by Gasteiger charge is -2.53. The predicted octanol–water partition coefficient (Wildman–Crippen LogP) is -1.03. The van der Waals surface area contributed by atoms with Crippen molar-refractivity contribution in [3.63, 3.8) is 0 Å². The number of aliphatic hydroxyl groups excluding tert-OH is 3. The number of nitrogens with two attached hydrogens (primary N) is 1. The molecule has 1 heterocycles. The Morgan fingerprint density at radius 1 is 1.13 bits per heavy atom. The van der Waals surface area contributed by atoms with Crippen LogP contribution in [0, 0.1) is 11.8 Å². The summed E-state index contributed by atoms with van der Waals surface area (Å²) in [4.78, 5) is 54.3. The lowest BCUT2D eigenvalue weighted by molar-refractivity contribution is -0.169. The average molecular weight is 619 g/mol. The van der Waals surface area contributed by atoms with Gasteiger partial charge in [-0.1, -0.05) is 13.0 Å². The molecular weight excluding hydrogens is 589 g/mol. The number of likely N-dealkylation sites (N-methyl/N-ethyl adjacent to an activating group) is 1. The van der Waals surface area contributed by atoms with Crippen molar-refractivity contribution in [2.24, 2.45) is 17.6 Å². The van der Waals surface area contributed by atoms with E-state index < -0.39 is 94.4 Å². The van der Waals surface area contributed by atoms with Crippen molar-refractivity contribution in [1.82, 2.24) is 4.90 Å². The van der Waals surface area contributed by atoms with Gasteiger partial charge in [0.15, 0.2) is 11.4 Å². The summed E-state index contributed by atoms with van der Waals surface area (Å²) in [5, 5.41) is 69.8. The molecule has 0 bridgehead atoms. The van der Waals surface area contributed by atoms with Gasteiger partial charge in [-0.25, -0.2) is 0 Å². The Morgan fingerprint density at radius 2 is 1.82 bits per heavy atom. The largest absolute Gasteiger partial charge is 0.508 e. The van der Waals surface area contributed by atoms with Gasteiger partial charge in [0.2, 0.25) is 5.78 Å². The maximum Gasteiger partial charge on any atom is 0.491 e. The Morgan fingerprint density at radius 3 is 2.47 bits per heavy atom. The minimum absolute atomic E-state index is 0.117. The molecule has 0 spiro atoms. The predicted molar refractivity (Wildman–Crippen MR) is 157 cm³/mol. The number of ketones is 2. The van der Waals surface area contributed by atoms with Crippen LogP contribution in [0.15, 0.2) is 47.2 Å². The van der Waals surface area contributed by atoms with Crippen molar-refractivity contribution in [2.45, 2.75) is 37.2 Å². The maximum atomic E-state index is 14.1. The van der Waals surface area contributed by atoms with Crippen LogP contribution in [0.3, 0.4) is 0 Å². The van der Waals surface area contributed by atoms with Gasteiger partial charge in [0.25, 0.3) is 11.8 Å². The van der Waals surface area contributed by atoms with Gasteiger partial charge in [0.1, 0.15) is 22.8 Å². The fraction of sp³-hybridized carbons (Fsp3) is 0.333. The molecule has 0 radical (unpaired) electrons. The first-order valence-electron chi connectivity index (χ1n) is 14.0. The van der Waals surface area contributed by atoms with E-state index in [-0.39, 0.29) is 29.0 Å². The van der Waals surface area contributed by atoms with Crippen LogP contribution in [0.2, 0.25) is 0 Å². The number of aliphatic hydroxyl groups is 4. The lowest BCUT2D eigenvalue weighted by atomic mass is 9.54. The number of fused-ring (bicyclic) bond motifs is 4. The summed E-state index contributed by atoms with van der Waals surface area (Å²) in [5.41, 5.74) is 2.07. The van der Waals surface area contributed by atoms with E-state index in [9.17, 15) is 49.7 Å². The van der Waals surface area contributed by atoms with Crippen molar-refractivity contribution >= 4 is 47.4 Å². The van der Waals surface area contributed by atoms with Gasteiger partial charge >= 0.3 is 7.12 Å². The Hall–Kier alpha value is -4.54. The number of nitrogens with zero attached hydrogens (tertiary/aromatic N) is 1. The number of benzene rings is 2. The van der Waals surface area contributed by atoms with E-state index in [2.05, 4.69) is 5.32 Å². The highest BCUT2D eigenvalue weighted by Gasteiger charge is 2.68. The van der Waals surface area contributed by atoms with Crippen LogP contribution in [-0.2, 0) is 25.6 Å². The molecule has 2 amide bonds. The van der Waals surface area contributed by atoms with E-state index in [1.807, 2.05) is 0 Å². The Bertz CT molecular complexity index is 1790. The summed E-state index contributed by atoms with van der Waals surface area (Å²) >= 11 is 0. The minimum atomic E-state index is -3.03. The van der Waals surface area contributed by atoms with E-state index in [1.165, 1.54) is 43.3 Å². The van der Waals surface area contributed by atoms with Crippen molar-refractivity contribution < 1.29 is 54.4 Å². The zero-order chi connectivity index (χ0) is 32.9. The molecule has 6 atom stereocenters. The third-order valence-electron chi connectivity index (χ3n) is 9.43. The van der Waals surface area contributed by atoms with E-state index in [0.717, 1.165) is 0 Å². The molecule has 6 rings (SSSR count). The first-order chi connectivity index (χ1) is 21.1. The lowest BCUT2D eigenvalue weighted by Crippen LogP contribution is -2.70. The highest BCUT2D eigenvalue weighted by atomic mass is 16.5. The summed E-state index contributed by atoms with van der Waals surface area (Å²) in [6, 6.07) is 5.70. The molecule has 0 aromatic heterocycles. The number of hydrogen-bond acceptors (Lipinski definition) is 12. The van der Waals surface area contributed by atoms with Crippen LogP contribution in [0.1, 0.15) is 39.9 Å². The smallest absolute Gasteiger partial charge is 0.491 e. The number of aromatic hydroxyl groups is 1. The zero-order valence-electron chi connectivity index (χ0n) is 24.3. The van der Waals surface area contributed by atoms with Gasteiger partial charge in [-0.3, -0.25) is 24.1 Å². The molecule has 1 saturated carbocycles. The summed E-state index contributed by atoms with van der Waals surface area (Å²) in [5.74, 6) is -10.9. The Balaban J connectivity index is 1.50. The number of phenolic OH excluding ortho intramolecular Hbond substituents is 1. The second-order valence-corrected chi connectivity index (χ2v) is 12.0. The monoisotopic (exact) mass is 619 g/mol. The van der Waals surface area contributed by atoms with Gasteiger partial charge in [0, 0.05) is 22.7 Å². The van der Waals surface area contributed by atoms with Gasteiger partial charge in [-0.15, -0.1) is 0 Å². The molecule has 2 aromatic carbocycles. The summed E-state index contributed by atoms with van der Waals surface area (Å²) in [6.45, 7) is 1.75. The molecule has 4 aliphatic rings. The number of Topliss-reactive ketones (excluding diaryl/α,β-unsaturated/α-hetero) is 2. The second kappa shape index (κ2) is 10.3. The van der Waals surface area contributed by atoms with Gasteiger partial charge < -0.3 is 46.3 Å². The SMILES string of the molecule is C[C@H]1c2c(NC(=O)c3ccc4c(c3)B(O)OC4)ccc(O)c2C(O)=C2C(=O)[C@]3(O)C(O)=C(C(N)=O)C(=O)[C@@H](N(C)C)[C@@H]3[C@@H](O)[C@@H]21. The molecule has 0 unspecified atom stereocenters. The summed E-state index contributed by atoms with van der Waals surface area (Å²) < 4.78 is 5.19. The van der Waals surface area contributed by atoms with Gasteiger partial charge in [0.05, 0.1) is 30.2 Å². The van der Waals surface area contributed by atoms with Crippen LogP contribution in [0.25, 0.3) is 5.76 Å². The molecule has 14 nitrogen and oxygen atoms in total. The van der Waals surface area contributed by atoms with E-state index in [4.69, 9.17) is 10.4 Å². The molecular formula is C30H30BN3O11. The third-order valence-corrected chi connectivity index (χ3v) is 9.43. The second-order valence-electron chi connectivity index (χ2n) is 12.0. The van der Waals surface area contributed by atoms with Crippen molar-refractivity contribution in [3.8, 4) is 5.75 Å². The normalized spacial score (nSPS) is 29.0. The maximum absolute atomic E-state index is 14.1. The van der Waals surface area contributed by atoms with Crippen LogP contribution in [-0.4, -0.2) is 97.8 Å². The highest BCUT2D eigenvalue weighted by molar-refractivity contribution is 6.61. The fourth-order valence-electron chi connectivity index (χ4n) is 7.36. The summed E-state index contributed by atoms with van der Waals surface area (Å²) in [6.07, 6.45) is -1.79. The number of rotatable bonds is 4. The molecule has 45 heavy (non-hydrogen) atoms. The van der Waals surface area contributed by atoms with Crippen LogP contribution >= 0.6 is 0 Å². The molecule has 9 N–H and O–H groups in total. The quantitative estimate of drug-likeness (QED) is 0.116. The number of nitrogens with one attached hydrogen (secondary N) is 1. The fourth-order valence-corrected chi connectivity index (χ4v) is 7.36. The first kappa shape index (κ1) is 30.5. The Labute approximate surface area is 256 Å². The number of anilines is 1. The van der Waals surface area contributed by atoms with Crippen molar-refractivity contribution in [1.29, 1.82) is 0 Å². The van der Waals surface area contributed by atoms with Gasteiger partial charge in [-0.2, -0.15) is 0 Å². The molecule has 1 fully saturated rings. The molecule has 234 valence electrons. The molecule has 1 aliphatic heterocycles. The van der Waals surface area contributed by atoms with Crippen LogP contribution in [0.5, 0.6) is 5.75 Å². The zero-order valence-corrected chi connectivity index (χ0v) is 24.3. The van der Waals surface area contributed by atoms with Crippen molar-refractivity contribution in [2.75, 3.05) is 19.4 Å². The van der Waals surface area contributed by atoms with Crippen LogP contribution < -0.4 is 16.5 Å². The van der Waals surface area contributed by atoms with Gasteiger partial charge in [-0.05, 0) is 60.9 Å². The number of hydrogen-bond donors (Lipinski definition) is 8. The number of carbonyl (C=O) groups is 4. The van der Waals surface area contributed by atoms with Crippen LogP contribution in [0.4, 0.5) is 5.69 Å². The number of primary amides is 1. The average Bonchev–Trinajstić information content (AvgIpc) is 3.35. The van der Waals surface area contributed by atoms with Crippen molar-refractivity contribution in [3.05, 3.63) is 69.5 Å². The summed E-state index contributed by atoms with van der Waals surface area (Å²) in [7, 11) is 1.64. The number of amides is 2. The molecule has 15 heteroatoms. The molecule has 0 saturated heterocycles.